The molecule has 1 aromatic heterocycles. The van der Waals surface area contributed by atoms with E-state index in [2.05, 4.69) is 0 Å². The highest BCUT2D eigenvalue weighted by molar-refractivity contribution is 8.00. The fourth-order valence-corrected chi connectivity index (χ4v) is 3.86. The number of thioether (sulfide) groups is 1. The van der Waals surface area contributed by atoms with Gasteiger partial charge in [-0.3, -0.25) is 4.79 Å². The molecular formula is C16H15F3N2OS. The van der Waals surface area contributed by atoms with Crippen molar-refractivity contribution in [2.45, 2.75) is 18.5 Å². The van der Waals surface area contributed by atoms with Gasteiger partial charge in [0.25, 0.3) is 0 Å². The highest BCUT2D eigenvalue weighted by Gasteiger charge is 2.32. The van der Waals surface area contributed by atoms with Crippen molar-refractivity contribution < 1.29 is 18.0 Å². The van der Waals surface area contributed by atoms with Gasteiger partial charge in [-0.15, -0.1) is 11.8 Å². The van der Waals surface area contributed by atoms with Gasteiger partial charge >= 0.3 is 6.18 Å². The first-order chi connectivity index (χ1) is 10.9. The Labute approximate surface area is 136 Å². The number of carbonyl (C=O) groups is 1. The molecule has 1 unspecified atom stereocenters. The van der Waals surface area contributed by atoms with Crippen molar-refractivity contribution in [3.8, 4) is 5.69 Å². The molecule has 7 heteroatoms. The maximum Gasteiger partial charge on any atom is 0.416 e. The van der Waals surface area contributed by atoms with Gasteiger partial charge in [0.2, 0.25) is 5.91 Å². The van der Waals surface area contributed by atoms with Crippen LogP contribution in [0.25, 0.3) is 5.69 Å². The highest BCUT2D eigenvalue weighted by Crippen LogP contribution is 2.38. The van der Waals surface area contributed by atoms with Crippen molar-refractivity contribution in [1.82, 2.24) is 9.47 Å². The summed E-state index contributed by atoms with van der Waals surface area (Å²) in [6, 6.07) is 6.92. The standard InChI is InChI=1S/C16H15F3N2OS/c1-2-21-14(22)10-23-15(21)11-7-8-20(9-11)13-5-3-12(4-6-13)16(17,18)19/h3-9,15H,2,10H2,1H3. The zero-order chi connectivity index (χ0) is 16.6. The van der Waals surface area contributed by atoms with Crippen LogP contribution in [0.2, 0.25) is 0 Å². The van der Waals surface area contributed by atoms with E-state index < -0.39 is 11.7 Å². The molecule has 0 saturated carbocycles. The first kappa shape index (κ1) is 16.0. The molecule has 1 atom stereocenters. The van der Waals surface area contributed by atoms with Crippen LogP contribution in [0.1, 0.15) is 23.4 Å². The topological polar surface area (TPSA) is 25.2 Å². The third-order valence-electron chi connectivity index (χ3n) is 3.80. The van der Waals surface area contributed by atoms with E-state index in [9.17, 15) is 18.0 Å². The molecule has 1 saturated heterocycles. The van der Waals surface area contributed by atoms with E-state index in [0.29, 0.717) is 18.0 Å². The average molecular weight is 340 g/mol. The van der Waals surface area contributed by atoms with Gasteiger partial charge in [-0.1, -0.05) is 0 Å². The molecule has 1 fully saturated rings. The van der Waals surface area contributed by atoms with Crippen LogP contribution >= 0.6 is 11.8 Å². The molecule has 1 aliphatic heterocycles. The van der Waals surface area contributed by atoms with Crippen LogP contribution in [0, 0.1) is 0 Å². The van der Waals surface area contributed by atoms with Crippen LogP contribution in [-0.4, -0.2) is 27.7 Å². The van der Waals surface area contributed by atoms with Crippen molar-refractivity contribution in [3.05, 3.63) is 53.9 Å². The van der Waals surface area contributed by atoms with Gasteiger partial charge in [0.15, 0.2) is 0 Å². The summed E-state index contributed by atoms with van der Waals surface area (Å²) in [6.07, 6.45) is -0.667. The Hall–Kier alpha value is -1.89. The lowest BCUT2D eigenvalue weighted by Gasteiger charge is -2.21. The van der Waals surface area contributed by atoms with E-state index in [-0.39, 0.29) is 11.3 Å². The fraction of sp³-hybridized carbons (Fsp3) is 0.312. The molecule has 3 nitrogen and oxygen atoms in total. The number of benzene rings is 1. The van der Waals surface area contributed by atoms with Gasteiger partial charge in [0.1, 0.15) is 5.37 Å². The minimum absolute atomic E-state index is 0.0248. The third kappa shape index (κ3) is 3.10. The van der Waals surface area contributed by atoms with Crippen LogP contribution in [0.3, 0.4) is 0 Å². The number of hydrogen-bond donors (Lipinski definition) is 0. The Morgan fingerprint density at radius 3 is 2.52 bits per heavy atom. The molecule has 0 N–H and O–H groups in total. The average Bonchev–Trinajstić information content (AvgIpc) is 3.12. The number of nitrogens with zero attached hydrogens (tertiary/aromatic N) is 2. The minimum atomic E-state index is -4.33. The summed E-state index contributed by atoms with van der Waals surface area (Å²) in [6.45, 7) is 2.57. The van der Waals surface area contributed by atoms with E-state index >= 15 is 0 Å². The molecule has 1 aliphatic rings. The van der Waals surface area contributed by atoms with Gasteiger partial charge in [0.05, 0.1) is 11.3 Å². The Morgan fingerprint density at radius 1 is 1.22 bits per heavy atom. The second-order valence-electron chi connectivity index (χ2n) is 5.24. The van der Waals surface area contributed by atoms with Crippen molar-refractivity contribution in [3.63, 3.8) is 0 Å². The van der Waals surface area contributed by atoms with E-state index in [1.807, 2.05) is 19.2 Å². The monoisotopic (exact) mass is 340 g/mol. The number of amides is 1. The minimum Gasteiger partial charge on any atom is -0.326 e. The molecule has 0 radical (unpaired) electrons. The largest absolute Gasteiger partial charge is 0.416 e. The number of hydrogen-bond acceptors (Lipinski definition) is 2. The number of alkyl halides is 3. The molecule has 0 spiro atoms. The summed E-state index contributed by atoms with van der Waals surface area (Å²) in [7, 11) is 0. The molecule has 1 aromatic carbocycles. The van der Waals surface area contributed by atoms with E-state index in [0.717, 1.165) is 17.7 Å². The van der Waals surface area contributed by atoms with Gasteiger partial charge in [-0.05, 0) is 37.3 Å². The lowest BCUT2D eigenvalue weighted by atomic mass is 10.2. The van der Waals surface area contributed by atoms with Gasteiger partial charge in [-0.25, -0.2) is 0 Å². The maximum atomic E-state index is 12.6. The second-order valence-corrected chi connectivity index (χ2v) is 6.31. The van der Waals surface area contributed by atoms with Crippen molar-refractivity contribution in [2.24, 2.45) is 0 Å². The predicted octanol–water partition coefficient (Wildman–Crippen LogP) is 4.09. The number of carbonyl (C=O) groups excluding carboxylic acids is 1. The summed E-state index contributed by atoms with van der Waals surface area (Å²) < 4.78 is 39.6. The van der Waals surface area contributed by atoms with Crippen molar-refractivity contribution >= 4 is 17.7 Å². The highest BCUT2D eigenvalue weighted by atomic mass is 32.2. The van der Waals surface area contributed by atoms with Crippen LogP contribution in [0.4, 0.5) is 13.2 Å². The quantitative estimate of drug-likeness (QED) is 0.841. The number of halogens is 3. The normalized spacial score (nSPS) is 18.7. The maximum absolute atomic E-state index is 12.6. The van der Waals surface area contributed by atoms with Crippen molar-refractivity contribution in [2.75, 3.05) is 12.3 Å². The fourth-order valence-electron chi connectivity index (χ4n) is 2.61. The first-order valence-electron chi connectivity index (χ1n) is 7.16. The number of aromatic nitrogens is 1. The van der Waals surface area contributed by atoms with Gasteiger partial charge < -0.3 is 9.47 Å². The Balaban J connectivity index is 1.83. The van der Waals surface area contributed by atoms with Crippen molar-refractivity contribution in [1.29, 1.82) is 0 Å². The molecule has 23 heavy (non-hydrogen) atoms. The Bertz CT molecular complexity index is 709. The second kappa shape index (κ2) is 5.96. The molecule has 1 amide bonds. The van der Waals surface area contributed by atoms with Gasteiger partial charge in [-0.2, -0.15) is 13.2 Å². The third-order valence-corrected chi connectivity index (χ3v) is 5.06. The summed E-state index contributed by atoms with van der Waals surface area (Å²) in [5.41, 5.74) is 0.965. The summed E-state index contributed by atoms with van der Waals surface area (Å²) in [5.74, 6) is 0.578. The molecule has 3 rings (SSSR count). The van der Waals surface area contributed by atoms with Crippen LogP contribution in [0.15, 0.2) is 42.7 Å². The van der Waals surface area contributed by atoms with Crippen LogP contribution in [-0.2, 0) is 11.0 Å². The lowest BCUT2D eigenvalue weighted by molar-refractivity contribution is -0.137. The first-order valence-corrected chi connectivity index (χ1v) is 8.21. The van der Waals surface area contributed by atoms with Crippen LogP contribution < -0.4 is 0 Å². The molecule has 0 aliphatic carbocycles. The lowest BCUT2D eigenvalue weighted by Crippen LogP contribution is -2.27. The van der Waals surface area contributed by atoms with E-state index in [1.165, 1.54) is 12.1 Å². The molecule has 2 aromatic rings. The zero-order valence-corrected chi connectivity index (χ0v) is 13.2. The van der Waals surface area contributed by atoms with E-state index in [1.54, 1.807) is 27.4 Å². The van der Waals surface area contributed by atoms with Crippen LogP contribution in [0.5, 0.6) is 0 Å². The Kier molecular flexibility index (Phi) is 4.14. The summed E-state index contributed by atoms with van der Waals surface area (Å²) >= 11 is 1.56. The van der Waals surface area contributed by atoms with Gasteiger partial charge in [0, 0.05) is 30.2 Å². The van der Waals surface area contributed by atoms with E-state index in [4.69, 9.17) is 0 Å². The predicted molar refractivity (Wildman–Crippen MR) is 83.4 cm³/mol. The number of rotatable bonds is 3. The molecule has 122 valence electrons. The Morgan fingerprint density at radius 2 is 1.91 bits per heavy atom. The molecular weight excluding hydrogens is 325 g/mol. The molecule has 0 bridgehead atoms. The molecule has 2 heterocycles. The SMILES string of the molecule is CCN1C(=O)CSC1c1ccn(-c2ccc(C(F)(F)F)cc2)c1. The zero-order valence-electron chi connectivity index (χ0n) is 12.4. The summed E-state index contributed by atoms with van der Waals surface area (Å²) in [4.78, 5) is 13.6. The summed E-state index contributed by atoms with van der Waals surface area (Å²) in [5, 5.41) is -0.0248. The smallest absolute Gasteiger partial charge is 0.326 e.